The van der Waals surface area contributed by atoms with Gasteiger partial charge in [0.15, 0.2) is 0 Å². The van der Waals surface area contributed by atoms with Crippen LogP contribution >= 0.6 is 0 Å². The van der Waals surface area contributed by atoms with Gasteiger partial charge in [0.25, 0.3) is 5.56 Å². The number of nitrogens with one attached hydrogen (secondary N) is 1. The Morgan fingerprint density at radius 1 is 1.00 bits per heavy atom. The number of aromatic carboxylic acids is 1. The first kappa shape index (κ1) is 20.6. The molecule has 0 amide bonds. The first-order valence-corrected chi connectivity index (χ1v) is 10.3. The van der Waals surface area contributed by atoms with E-state index < -0.39 is 23.2 Å². The third-order valence-electron chi connectivity index (χ3n) is 5.84. The minimum absolute atomic E-state index is 0.139. The monoisotopic (exact) mass is 444 g/mol. The number of hydrogen-bond donors (Lipinski definition) is 2. The maximum absolute atomic E-state index is 15.1. The van der Waals surface area contributed by atoms with Crippen molar-refractivity contribution in [1.29, 1.82) is 0 Å². The molecule has 0 unspecified atom stereocenters. The number of benzene rings is 3. The number of aromatic amines is 1. The maximum atomic E-state index is 15.1. The van der Waals surface area contributed by atoms with Crippen LogP contribution in [0.1, 0.15) is 21.6 Å². The number of rotatable bonds is 4. The van der Waals surface area contributed by atoms with Crippen LogP contribution in [-0.4, -0.2) is 20.6 Å². The number of aromatic nitrogens is 2. The lowest BCUT2D eigenvalue weighted by molar-refractivity contribution is 0.0687. The quantitative estimate of drug-likeness (QED) is 0.385. The third kappa shape index (κ3) is 3.29. The second-order valence-electron chi connectivity index (χ2n) is 7.92. The zero-order chi connectivity index (χ0) is 23.3. The van der Waals surface area contributed by atoms with Crippen LogP contribution in [0.3, 0.4) is 0 Å². The molecule has 5 rings (SSSR count). The normalized spacial score (nSPS) is 11.4. The number of H-pyrrole nitrogens is 1. The largest absolute Gasteiger partial charge is 0.477 e. The summed E-state index contributed by atoms with van der Waals surface area (Å²) in [5, 5.41) is 11.4. The highest BCUT2D eigenvalue weighted by Crippen LogP contribution is 2.40. The molecule has 0 bridgehead atoms. The Morgan fingerprint density at radius 3 is 2.48 bits per heavy atom. The molecule has 0 saturated heterocycles. The zero-order valence-corrected chi connectivity index (χ0v) is 17.5. The molecule has 0 spiro atoms. The van der Waals surface area contributed by atoms with Crippen LogP contribution in [0.25, 0.3) is 32.8 Å². The standard InChI is InChI=1S/C26H18F2N2O3/c1-14-8-9-19(27)15(11-14)13-30-21-12-20(28)16-5-2-3-6-17(16)22(21)23(24(30)26(32)33)18-7-4-10-29-25(18)31/h2-12H,13H2,1H3,(H,29,31)(H,32,33). The number of carboxylic acids is 1. The van der Waals surface area contributed by atoms with E-state index in [4.69, 9.17) is 0 Å². The maximum Gasteiger partial charge on any atom is 0.353 e. The summed E-state index contributed by atoms with van der Waals surface area (Å²) in [5.41, 5.74) is 0.951. The van der Waals surface area contributed by atoms with Crippen molar-refractivity contribution in [3.8, 4) is 11.1 Å². The van der Waals surface area contributed by atoms with Gasteiger partial charge < -0.3 is 14.7 Å². The summed E-state index contributed by atoms with van der Waals surface area (Å²) in [6, 6.07) is 15.6. The third-order valence-corrected chi connectivity index (χ3v) is 5.84. The topological polar surface area (TPSA) is 75.1 Å². The molecule has 0 atom stereocenters. The fourth-order valence-corrected chi connectivity index (χ4v) is 4.43. The van der Waals surface area contributed by atoms with Crippen molar-refractivity contribution >= 4 is 27.6 Å². The van der Waals surface area contributed by atoms with Crippen LogP contribution in [-0.2, 0) is 6.54 Å². The van der Waals surface area contributed by atoms with Gasteiger partial charge in [-0.1, -0.05) is 42.0 Å². The summed E-state index contributed by atoms with van der Waals surface area (Å²) in [5.74, 6) is -2.34. The van der Waals surface area contributed by atoms with Gasteiger partial charge >= 0.3 is 5.97 Å². The van der Waals surface area contributed by atoms with Crippen molar-refractivity contribution in [2.45, 2.75) is 13.5 Å². The lowest BCUT2D eigenvalue weighted by Crippen LogP contribution is -2.14. The van der Waals surface area contributed by atoms with Gasteiger partial charge in [-0.05, 0) is 36.6 Å². The van der Waals surface area contributed by atoms with Crippen molar-refractivity contribution < 1.29 is 18.7 Å². The lowest BCUT2D eigenvalue weighted by Gasteiger charge is -2.11. The molecule has 0 saturated carbocycles. The molecule has 0 aliphatic carbocycles. The number of aryl methyl sites for hydroxylation is 1. The van der Waals surface area contributed by atoms with Crippen molar-refractivity contribution in [2.75, 3.05) is 0 Å². The molecule has 5 nitrogen and oxygen atoms in total. The van der Waals surface area contributed by atoms with Gasteiger partial charge in [0, 0.05) is 28.1 Å². The molecule has 7 heteroatoms. The minimum Gasteiger partial charge on any atom is -0.477 e. The van der Waals surface area contributed by atoms with Crippen molar-refractivity contribution in [2.24, 2.45) is 0 Å². The predicted molar refractivity (Wildman–Crippen MR) is 123 cm³/mol. The van der Waals surface area contributed by atoms with Crippen LogP contribution < -0.4 is 5.56 Å². The Bertz CT molecular complexity index is 1630. The van der Waals surface area contributed by atoms with E-state index >= 15 is 4.39 Å². The van der Waals surface area contributed by atoms with Gasteiger partial charge in [0.05, 0.1) is 17.6 Å². The van der Waals surface area contributed by atoms with E-state index in [9.17, 15) is 19.1 Å². The molecule has 0 aliphatic heterocycles. The molecule has 2 aromatic heterocycles. The van der Waals surface area contributed by atoms with E-state index in [0.717, 1.165) is 5.56 Å². The Morgan fingerprint density at radius 2 is 1.76 bits per heavy atom. The number of nitrogens with zero attached hydrogens (tertiary/aromatic N) is 1. The fraction of sp³-hybridized carbons (Fsp3) is 0.0769. The molecule has 33 heavy (non-hydrogen) atoms. The average Bonchev–Trinajstić information content (AvgIpc) is 3.11. The van der Waals surface area contributed by atoms with E-state index in [1.54, 1.807) is 49.4 Å². The highest BCUT2D eigenvalue weighted by molar-refractivity contribution is 6.18. The van der Waals surface area contributed by atoms with Crippen LogP contribution in [0.5, 0.6) is 0 Å². The molecule has 0 fully saturated rings. The van der Waals surface area contributed by atoms with Gasteiger partial charge in [-0.2, -0.15) is 0 Å². The highest BCUT2D eigenvalue weighted by Gasteiger charge is 2.28. The number of hydrogen-bond acceptors (Lipinski definition) is 2. The molecule has 0 radical (unpaired) electrons. The number of carboxylic acid groups (broad SMARTS) is 1. The van der Waals surface area contributed by atoms with Crippen molar-refractivity contribution in [3.63, 3.8) is 0 Å². The number of fused-ring (bicyclic) bond motifs is 3. The molecule has 2 heterocycles. The first-order chi connectivity index (χ1) is 15.9. The number of pyridine rings is 1. The second-order valence-corrected chi connectivity index (χ2v) is 7.92. The molecule has 0 aliphatic rings. The van der Waals surface area contributed by atoms with Gasteiger partial charge in [-0.15, -0.1) is 0 Å². The molecule has 5 aromatic rings. The van der Waals surface area contributed by atoms with E-state index in [-0.39, 0.29) is 34.4 Å². The summed E-state index contributed by atoms with van der Waals surface area (Å²) in [4.78, 5) is 27.8. The van der Waals surface area contributed by atoms with Crippen LogP contribution in [0.2, 0.25) is 0 Å². The summed E-state index contributed by atoms with van der Waals surface area (Å²) >= 11 is 0. The van der Waals surface area contributed by atoms with Crippen LogP contribution in [0.15, 0.2) is 71.7 Å². The zero-order valence-electron chi connectivity index (χ0n) is 17.5. The van der Waals surface area contributed by atoms with Gasteiger partial charge in [-0.3, -0.25) is 4.79 Å². The summed E-state index contributed by atoms with van der Waals surface area (Å²) in [6.07, 6.45) is 1.45. The van der Waals surface area contributed by atoms with Gasteiger partial charge in [-0.25, -0.2) is 13.6 Å². The molecular formula is C26H18F2N2O3. The second kappa shape index (κ2) is 7.70. The molecule has 164 valence electrons. The van der Waals surface area contributed by atoms with Crippen molar-refractivity contribution in [1.82, 2.24) is 9.55 Å². The van der Waals surface area contributed by atoms with Gasteiger partial charge in [0.2, 0.25) is 0 Å². The summed E-state index contributed by atoms with van der Waals surface area (Å²) < 4.78 is 31.1. The molecule has 3 aromatic carbocycles. The number of halogens is 2. The Labute approximate surface area is 186 Å². The SMILES string of the molecule is Cc1ccc(F)c(Cn2c(C(=O)O)c(-c3ccc[nH]c3=O)c3c4ccccc4c(F)cc32)c1. The highest BCUT2D eigenvalue weighted by atomic mass is 19.1. The Hall–Kier alpha value is -4.26. The predicted octanol–water partition coefficient (Wildman–Crippen LogP) is 5.48. The summed E-state index contributed by atoms with van der Waals surface area (Å²) in [6.45, 7) is 1.66. The van der Waals surface area contributed by atoms with E-state index in [1.807, 2.05) is 0 Å². The molecule has 2 N–H and O–H groups in total. The number of carbonyl (C=O) groups is 1. The van der Waals surface area contributed by atoms with E-state index in [1.165, 1.54) is 29.0 Å². The van der Waals surface area contributed by atoms with Crippen LogP contribution in [0.4, 0.5) is 8.78 Å². The van der Waals surface area contributed by atoms with E-state index in [0.29, 0.717) is 16.2 Å². The Balaban J connectivity index is 1.98. The fourth-order valence-electron chi connectivity index (χ4n) is 4.43. The Kier molecular flexibility index (Phi) is 4.82. The van der Waals surface area contributed by atoms with E-state index in [2.05, 4.69) is 4.98 Å². The molecular weight excluding hydrogens is 426 g/mol. The van der Waals surface area contributed by atoms with Crippen molar-refractivity contribution in [3.05, 3.63) is 106 Å². The lowest BCUT2D eigenvalue weighted by atomic mass is 9.98. The smallest absolute Gasteiger partial charge is 0.353 e. The minimum atomic E-state index is -1.30. The average molecular weight is 444 g/mol. The van der Waals surface area contributed by atoms with Gasteiger partial charge in [0.1, 0.15) is 17.3 Å². The van der Waals surface area contributed by atoms with Crippen LogP contribution in [0, 0.1) is 18.6 Å². The summed E-state index contributed by atoms with van der Waals surface area (Å²) in [7, 11) is 0. The first-order valence-electron chi connectivity index (χ1n) is 10.3.